The molecule has 2 aromatic carbocycles. The molecule has 4 rings (SSSR count). The quantitative estimate of drug-likeness (QED) is 0.578. The van der Waals surface area contributed by atoms with Gasteiger partial charge in [-0.05, 0) is 67.8 Å². The highest BCUT2D eigenvalue weighted by atomic mass is 16.5. The molecule has 0 radical (unpaired) electrons. The second-order valence-corrected chi connectivity index (χ2v) is 9.49. The molecule has 8 nitrogen and oxygen atoms in total. The second-order valence-electron chi connectivity index (χ2n) is 9.49. The van der Waals surface area contributed by atoms with Gasteiger partial charge in [-0.2, -0.15) is 0 Å². The van der Waals surface area contributed by atoms with Crippen LogP contribution in [0.1, 0.15) is 43.0 Å². The van der Waals surface area contributed by atoms with Gasteiger partial charge in [-0.15, -0.1) is 0 Å². The lowest BCUT2D eigenvalue weighted by Gasteiger charge is -2.36. The normalized spacial score (nSPS) is 15.7. The van der Waals surface area contributed by atoms with Gasteiger partial charge in [0.25, 0.3) is 5.91 Å². The van der Waals surface area contributed by atoms with Crippen molar-refractivity contribution in [2.24, 2.45) is 5.92 Å². The molecule has 0 unspecified atom stereocenters. The van der Waals surface area contributed by atoms with Gasteiger partial charge in [-0.3, -0.25) is 14.4 Å². The fourth-order valence-electron chi connectivity index (χ4n) is 4.66. The van der Waals surface area contributed by atoms with E-state index >= 15 is 0 Å². The summed E-state index contributed by atoms with van der Waals surface area (Å²) in [7, 11) is 1.61. The minimum atomic E-state index is -0.172. The van der Waals surface area contributed by atoms with Crippen molar-refractivity contribution in [3.8, 4) is 5.75 Å². The number of carbonyl (C=O) groups excluding carboxylic acids is 3. The van der Waals surface area contributed by atoms with Crippen LogP contribution in [-0.2, 0) is 9.59 Å². The molecule has 1 saturated carbocycles. The molecule has 192 valence electrons. The maximum Gasteiger partial charge on any atom is 0.253 e. The van der Waals surface area contributed by atoms with Crippen molar-refractivity contribution in [3.05, 3.63) is 54.1 Å². The standard InChI is InChI=1S/C28H36N4O4/c1-3-15-32(28(35)21-5-4-6-21)20-26(33)29-23-9-11-24(12-10-23)30-16-18-31(19-17-30)27(34)22-7-13-25(36-2)14-8-22/h7-14,21H,3-6,15-20H2,1-2H3,(H,29,33). The van der Waals surface area contributed by atoms with Crippen molar-refractivity contribution in [3.63, 3.8) is 0 Å². The molecule has 36 heavy (non-hydrogen) atoms. The molecule has 0 aromatic heterocycles. The Hall–Kier alpha value is -3.55. The highest BCUT2D eigenvalue weighted by Crippen LogP contribution is 2.28. The number of piperazine rings is 1. The molecule has 8 heteroatoms. The molecule has 0 spiro atoms. The second kappa shape index (κ2) is 11.9. The minimum Gasteiger partial charge on any atom is -0.497 e. The molecule has 0 atom stereocenters. The predicted molar refractivity (Wildman–Crippen MR) is 140 cm³/mol. The van der Waals surface area contributed by atoms with Gasteiger partial charge in [0.05, 0.1) is 13.7 Å². The number of amides is 3. The Morgan fingerprint density at radius 3 is 2.19 bits per heavy atom. The van der Waals surface area contributed by atoms with Crippen LogP contribution in [0.2, 0.25) is 0 Å². The van der Waals surface area contributed by atoms with Gasteiger partial charge < -0.3 is 24.8 Å². The van der Waals surface area contributed by atoms with Crippen LogP contribution in [0.4, 0.5) is 11.4 Å². The average molecular weight is 493 g/mol. The lowest BCUT2D eigenvalue weighted by atomic mass is 9.84. The van der Waals surface area contributed by atoms with Crippen molar-refractivity contribution in [2.75, 3.05) is 56.6 Å². The van der Waals surface area contributed by atoms with Crippen LogP contribution in [0, 0.1) is 5.92 Å². The van der Waals surface area contributed by atoms with Gasteiger partial charge in [-0.25, -0.2) is 0 Å². The molecule has 3 amide bonds. The number of carbonyl (C=O) groups is 3. The Bertz CT molecular complexity index is 1040. The van der Waals surface area contributed by atoms with E-state index in [1.54, 1.807) is 36.3 Å². The smallest absolute Gasteiger partial charge is 0.253 e. The number of hydrogen-bond acceptors (Lipinski definition) is 5. The van der Waals surface area contributed by atoms with Gasteiger partial charge in [0.1, 0.15) is 5.75 Å². The van der Waals surface area contributed by atoms with E-state index in [9.17, 15) is 14.4 Å². The number of anilines is 2. The van der Waals surface area contributed by atoms with E-state index in [0.29, 0.717) is 30.9 Å². The first kappa shape index (κ1) is 25.5. The minimum absolute atomic E-state index is 0.0308. The average Bonchev–Trinajstić information content (AvgIpc) is 2.87. The SMILES string of the molecule is CCCN(CC(=O)Nc1ccc(N2CCN(C(=O)c3ccc(OC)cc3)CC2)cc1)C(=O)C1CCC1. The third kappa shape index (κ3) is 6.17. The number of ether oxygens (including phenoxy) is 1. The zero-order valence-corrected chi connectivity index (χ0v) is 21.2. The van der Waals surface area contributed by atoms with Gasteiger partial charge in [-0.1, -0.05) is 13.3 Å². The number of methoxy groups -OCH3 is 1. The van der Waals surface area contributed by atoms with Gasteiger partial charge in [0.2, 0.25) is 11.8 Å². The Kier molecular flexibility index (Phi) is 8.46. The monoisotopic (exact) mass is 492 g/mol. The molecule has 0 bridgehead atoms. The summed E-state index contributed by atoms with van der Waals surface area (Å²) in [5.74, 6) is 0.795. The van der Waals surface area contributed by atoms with Crippen LogP contribution >= 0.6 is 0 Å². The lowest BCUT2D eigenvalue weighted by Crippen LogP contribution is -2.48. The molecule has 2 aromatic rings. The van der Waals surface area contributed by atoms with Crippen LogP contribution < -0.4 is 15.0 Å². The first-order valence-electron chi connectivity index (χ1n) is 12.9. The van der Waals surface area contributed by atoms with Crippen molar-refractivity contribution >= 4 is 29.1 Å². The Morgan fingerprint density at radius 2 is 1.64 bits per heavy atom. The van der Waals surface area contributed by atoms with E-state index < -0.39 is 0 Å². The summed E-state index contributed by atoms with van der Waals surface area (Å²) in [5.41, 5.74) is 2.43. The number of nitrogens with zero attached hydrogens (tertiary/aromatic N) is 3. The summed E-state index contributed by atoms with van der Waals surface area (Å²) in [4.78, 5) is 43.8. The van der Waals surface area contributed by atoms with Crippen LogP contribution in [0.3, 0.4) is 0 Å². The molecule has 1 aliphatic heterocycles. The fraction of sp³-hybridized carbons (Fsp3) is 0.464. The summed E-state index contributed by atoms with van der Waals surface area (Å²) in [6.07, 6.45) is 3.81. The van der Waals surface area contributed by atoms with E-state index in [-0.39, 0.29) is 30.2 Å². The van der Waals surface area contributed by atoms with Crippen LogP contribution in [0.15, 0.2) is 48.5 Å². The van der Waals surface area contributed by atoms with Crippen molar-refractivity contribution in [1.29, 1.82) is 0 Å². The molecular formula is C28H36N4O4. The molecule has 2 aliphatic rings. The Balaban J connectivity index is 1.26. The largest absolute Gasteiger partial charge is 0.497 e. The summed E-state index contributed by atoms with van der Waals surface area (Å²) in [5, 5.41) is 2.93. The Morgan fingerprint density at radius 1 is 0.972 bits per heavy atom. The highest BCUT2D eigenvalue weighted by molar-refractivity contribution is 5.95. The number of nitrogens with one attached hydrogen (secondary N) is 1. The fourth-order valence-corrected chi connectivity index (χ4v) is 4.66. The summed E-state index contributed by atoms with van der Waals surface area (Å²) in [6, 6.07) is 14.9. The van der Waals surface area contributed by atoms with E-state index in [1.165, 1.54) is 0 Å². The highest BCUT2D eigenvalue weighted by Gasteiger charge is 2.30. The molecule has 2 fully saturated rings. The van der Waals surface area contributed by atoms with Crippen molar-refractivity contribution in [2.45, 2.75) is 32.6 Å². The van der Waals surface area contributed by atoms with E-state index in [2.05, 4.69) is 10.2 Å². The van der Waals surface area contributed by atoms with E-state index in [4.69, 9.17) is 4.74 Å². The zero-order chi connectivity index (χ0) is 25.5. The first-order chi connectivity index (χ1) is 17.5. The van der Waals surface area contributed by atoms with Crippen molar-refractivity contribution < 1.29 is 19.1 Å². The van der Waals surface area contributed by atoms with Crippen LogP contribution in [-0.4, -0.2) is 73.9 Å². The third-order valence-corrected chi connectivity index (χ3v) is 7.01. The summed E-state index contributed by atoms with van der Waals surface area (Å²) >= 11 is 0. The predicted octanol–water partition coefficient (Wildman–Crippen LogP) is 3.63. The van der Waals surface area contributed by atoms with E-state index in [1.807, 2.05) is 36.1 Å². The van der Waals surface area contributed by atoms with Gasteiger partial charge in [0, 0.05) is 55.6 Å². The zero-order valence-electron chi connectivity index (χ0n) is 21.2. The third-order valence-electron chi connectivity index (χ3n) is 7.01. The van der Waals surface area contributed by atoms with Crippen LogP contribution in [0.25, 0.3) is 0 Å². The molecule has 1 heterocycles. The van der Waals surface area contributed by atoms with Gasteiger partial charge in [0.15, 0.2) is 0 Å². The molecular weight excluding hydrogens is 456 g/mol. The van der Waals surface area contributed by atoms with Crippen molar-refractivity contribution in [1.82, 2.24) is 9.80 Å². The van der Waals surface area contributed by atoms with E-state index in [0.717, 1.165) is 50.2 Å². The number of benzene rings is 2. The van der Waals surface area contributed by atoms with Crippen LogP contribution in [0.5, 0.6) is 5.75 Å². The number of rotatable bonds is 9. The Labute approximate surface area is 213 Å². The molecule has 1 saturated heterocycles. The van der Waals surface area contributed by atoms with Gasteiger partial charge >= 0.3 is 0 Å². The molecule has 1 N–H and O–H groups in total. The lowest BCUT2D eigenvalue weighted by molar-refractivity contribution is -0.140. The topological polar surface area (TPSA) is 82.2 Å². The number of hydrogen-bond donors (Lipinski definition) is 1. The maximum atomic E-state index is 12.8. The summed E-state index contributed by atoms with van der Waals surface area (Å²) < 4.78 is 5.17. The molecule has 1 aliphatic carbocycles. The maximum absolute atomic E-state index is 12.8. The first-order valence-corrected chi connectivity index (χ1v) is 12.9. The summed E-state index contributed by atoms with van der Waals surface area (Å²) in [6.45, 7) is 5.49.